The van der Waals surface area contributed by atoms with Gasteiger partial charge in [0.2, 0.25) is 15.9 Å². The third-order valence-corrected chi connectivity index (χ3v) is 5.30. The largest absolute Gasteiger partial charge is 0.377 e. The van der Waals surface area contributed by atoms with Crippen LogP contribution < -0.4 is 10.2 Å². The molecule has 142 valence electrons. The summed E-state index contributed by atoms with van der Waals surface area (Å²) < 4.78 is 30.7. The van der Waals surface area contributed by atoms with E-state index in [1.165, 1.54) is 17.7 Å². The molecule has 1 amide bonds. The molecule has 0 heterocycles. The minimum absolute atomic E-state index is 0.0346. The molecule has 0 saturated carbocycles. The standard InChI is InChI=1S/C17H29N3O4S/c1-7-13(2)20(25(6,22)23)11-14-10-15(18-17(21)12-24-5)8-9-16(14)19(3)4/h8-10,13H,7,11-12H2,1-6H3,(H,18,21)/t13-/m0/s1. The lowest BCUT2D eigenvalue weighted by atomic mass is 10.1. The molecule has 0 saturated heterocycles. The van der Waals surface area contributed by atoms with Crippen LogP contribution in [0.15, 0.2) is 18.2 Å². The number of sulfonamides is 1. The maximum atomic E-state index is 12.2. The van der Waals surface area contributed by atoms with Crippen LogP contribution in [0.3, 0.4) is 0 Å². The maximum Gasteiger partial charge on any atom is 0.250 e. The molecule has 1 aromatic rings. The predicted molar refractivity (Wildman–Crippen MR) is 101 cm³/mol. The molecule has 0 spiro atoms. The minimum Gasteiger partial charge on any atom is -0.377 e. The van der Waals surface area contributed by atoms with Gasteiger partial charge in [-0.15, -0.1) is 0 Å². The Bertz CT molecular complexity index is 689. The number of nitrogens with one attached hydrogen (secondary N) is 1. The van der Waals surface area contributed by atoms with Crippen LogP contribution in [0.1, 0.15) is 25.8 Å². The lowest BCUT2D eigenvalue weighted by molar-refractivity contribution is -0.119. The van der Waals surface area contributed by atoms with Gasteiger partial charge in [0.1, 0.15) is 6.61 Å². The molecule has 0 radical (unpaired) electrons. The van der Waals surface area contributed by atoms with Crippen molar-refractivity contribution in [1.29, 1.82) is 0 Å². The van der Waals surface area contributed by atoms with Crippen molar-refractivity contribution >= 4 is 27.3 Å². The molecule has 0 aromatic heterocycles. The van der Waals surface area contributed by atoms with E-state index in [4.69, 9.17) is 4.74 Å². The monoisotopic (exact) mass is 371 g/mol. The Morgan fingerprint density at radius 2 is 1.96 bits per heavy atom. The van der Waals surface area contributed by atoms with Gasteiger partial charge in [0.05, 0.1) is 6.26 Å². The number of benzene rings is 1. The van der Waals surface area contributed by atoms with Crippen molar-refractivity contribution in [3.05, 3.63) is 23.8 Å². The van der Waals surface area contributed by atoms with Crippen LogP contribution >= 0.6 is 0 Å². The van der Waals surface area contributed by atoms with Crippen molar-refractivity contribution in [3.8, 4) is 0 Å². The highest BCUT2D eigenvalue weighted by Gasteiger charge is 2.24. The van der Waals surface area contributed by atoms with Gasteiger partial charge < -0.3 is 15.0 Å². The van der Waals surface area contributed by atoms with Crippen LogP contribution in [0.2, 0.25) is 0 Å². The summed E-state index contributed by atoms with van der Waals surface area (Å²) in [4.78, 5) is 13.6. The summed E-state index contributed by atoms with van der Waals surface area (Å²) in [7, 11) is 1.90. The number of ether oxygens (including phenoxy) is 1. The molecule has 0 aliphatic carbocycles. The smallest absolute Gasteiger partial charge is 0.250 e. The van der Waals surface area contributed by atoms with Crippen molar-refractivity contribution in [1.82, 2.24) is 4.31 Å². The summed E-state index contributed by atoms with van der Waals surface area (Å²) >= 11 is 0. The molecule has 0 aliphatic rings. The number of hydrogen-bond acceptors (Lipinski definition) is 5. The quantitative estimate of drug-likeness (QED) is 0.717. The van der Waals surface area contributed by atoms with E-state index >= 15 is 0 Å². The number of methoxy groups -OCH3 is 1. The maximum absolute atomic E-state index is 12.2. The minimum atomic E-state index is -3.35. The number of rotatable bonds is 9. The molecular formula is C17H29N3O4S. The molecule has 0 unspecified atom stereocenters. The number of nitrogens with zero attached hydrogens (tertiary/aromatic N) is 2. The van der Waals surface area contributed by atoms with E-state index in [1.54, 1.807) is 6.07 Å². The van der Waals surface area contributed by atoms with Crippen LogP contribution in [-0.4, -0.2) is 58.7 Å². The van der Waals surface area contributed by atoms with E-state index in [-0.39, 0.29) is 25.1 Å². The summed E-state index contributed by atoms with van der Waals surface area (Å²) in [5.74, 6) is -0.257. The van der Waals surface area contributed by atoms with Gasteiger partial charge in [-0.2, -0.15) is 4.31 Å². The fourth-order valence-electron chi connectivity index (χ4n) is 2.53. The van der Waals surface area contributed by atoms with Crippen LogP contribution in [0, 0.1) is 0 Å². The highest BCUT2D eigenvalue weighted by Crippen LogP contribution is 2.26. The van der Waals surface area contributed by atoms with Gasteiger partial charge in [-0.1, -0.05) is 6.92 Å². The lowest BCUT2D eigenvalue weighted by Gasteiger charge is -2.28. The second-order valence-corrected chi connectivity index (χ2v) is 8.22. The van der Waals surface area contributed by atoms with E-state index < -0.39 is 10.0 Å². The summed E-state index contributed by atoms with van der Waals surface area (Å²) in [6.07, 6.45) is 1.94. The summed E-state index contributed by atoms with van der Waals surface area (Å²) in [6.45, 7) is 4.06. The Hall–Kier alpha value is -1.64. The Labute approximate surface area is 151 Å². The first-order chi connectivity index (χ1) is 11.6. The van der Waals surface area contributed by atoms with E-state index in [0.29, 0.717) is 12.1 Å². The molecule has 0 fully saturated rings. The fourth-order valence-corrected chi connectivity index (χ4v) is 3.70. The Kier molecular flexibility index (Phi) is 7.85. The summed E-state index contributed by atoms with van der Waals surface area (Å²) in [6, 6.07) is 5.36. The molecular weight excluding hydrogens is 342 g/mol. The van der Waals surface area contributed by atoms with Gasteiger partial charge in [0, 0.05) is 45.2 Å². The Balaban J connectivity index is 3.22. The number of carbonyl (C=O) groups excluding carboxylic acids is 1. The van der Waals surface area contributed by atoms with Crippen molar-refractivity contribution < 1.29 is 17.9 Å². The van der Waals surface area contributed by atoms with Crippen molar-refractivity contribution in [3.63, 3.8) is 0 Å². The summed E-state index contributed by atoms with van der Waals surface area (Å²) in [5, 5.41) is 2.75. The van der Waals surface area contributed by atoms with Gasteiger partial charge in [-0.05, 0) is 37.1 Å². The van der Waals surface area contributed by atoms with Crippen LogP contribution in [-0.2, 0) is 26.1 Å². The third kappa shape index (κ3) is 6.30. The van der Waals surface area contributed by atoms with Gasteiger partial charge in [-0.25, -0.2) is 8.42 Å². The molecule has 8 heteroatoms. The molecule has 1 rings (SSSR count). The lowest BCUT2D eigenvalue weighted by Crippen LogP contribution is -2.37. The third-order valence-electron chi connectivity index (χ3n) is 3.96. The predicted octanol–water partition coefficient (Wildman–Crippen LogP) is 1.90. The summed E-state index contributed by atoms with van der Waals surface area (Å²) in [5.41, 5.74) is 2.34. The van der Waals surface area contributed by atoms with Gasteiger partial charge >= 0.3 is 0 Å². The Morgan fingerprint density at radius 1 is 1.32 bits per heavy atom. The molecule has 0 aliphatic heterocycles. The molecule has 7 nitrogen and oxygen atoms in total. The normalized spacial score (nSPS) is 12.9. The number of hydrogen-bond donors (Lipinski definition) is 1. The van der Waals surface area contributed by atoms with Gasteiger partial charge in [0.15, 0.2) is 0 Å². The molecule has 1 atom stereocenters. The average molecular weight is 372 g/mol. The Morgan fingerprint density at radius 3 is 2.44 bits per heavy atom. The first kappa shape index (κ1) is 21.4. The zero-order valence-corrected chi connectivity index (χ0v) is 16.7. The zero-order chi connectivity index (χ0) is 19.2. The second kappa shape index (κ2) is 9.17. The highest BCUT2D eigenvalue weighted by molar-refractivity contribution is 7.88. The SMILES string of the molecule is CC[C@H](C)N(Cc1cc(NC(=O)COC)ccc1N(C)C)S(C)(=O)=O. The zero-order valence-electron chi connectivity index (χ0n) is 15.9. The first-order valence-corrected chi connectivity index (χ1v) is 10.0. The van der Waals surface area contributed by atoms with Crippen molar-refractivity contribution in [2.75, 3.05) is 44.3 Å². The van der Waals surface area contributed by atoms with Crippen molar-refractivity contribution in [2.24, 2.45) is 0 Å². The van der Waals surface area contributed by atoms with Crippen molar-refractivity contribution in [2.45, 2.75) is 32.9 Å². The molecule has 25 heavy (non-hydrogen) atoms. The average Bonchev–Trinajstić information content (AvgIpc) is 2.50. The molecule has 0 bridgehead atoms. The topological polar surface area (TPSA) is 79.0 Å². The first-order valence-electron chi connectivity index (χ1n) is 8.16. The molecule has 1 aromatic carbocycles. The van der Waals surface area contributed by atoms with E-state index in [0.717, 1.165) is 11.3 Å². The number of carbonyl (C=O) groups is 1. The molecule has 1 N–H and O–H groups in total. The van der Waals surface area contributed by atoms with E-state index in [1.807, 2.05) is 45.0 Å². The van der Waals surface area contributed by atoms with E-state index in [9.17, 15) is 13.2 Å². The van der Waals surface area contributed by atoms with Crippen LogP contribution in [0.5, 0.6) is 0 Å². The van der Waals surface area contributed by atoms with Gasteiger partial charge in [-0.3, -0.25) is 4.79 Å². The highest BCUT2D eigenvalue weighted by atomic mass is 32.2. The van der Waals surface area contributed by atoms with Crippen LogP contribution in [0.4, 0.5) is 11.4 Å². The second-order valence-electron chi connectivity index (χ2n) is 6.28. The number of anilines is 2. The van der Waals surface area contributed by atoms with E-state index in [2.05, 4.69) is 5.32 Å². The number of amides is 1. The fraction of sp³-hybridized carbons (Fsp3) is 0.588. The van der Waals surface area contributed by atoms with Crippen LogP contribution in [0.25, 0.3) is 0 Å². The van der Waals surface area contributed by atoms with Gasteiger partial charge in [0.25, 0.3) is 0 Å².